The first-order chi connectivity index (χ1) is 8.19. The number of aromatic amines is 1. The molecule has 0 radical (unpaired) electrons. The Balaban J connectivity index is 2.19. The summed E-state index contributed by atoms with van der Waals surface area (Å²) in [6.45, 7) is 0.910. The highest BCUT2D eigenvalue weighted by molar-refractivity contribution is 7.71. The molecule has 17 heavy (non-hydrogen) atoms. The van der Waals surface area contributed by atoms with Crippen molar-refractivity contribution in [3.63, 3.8) is 0 Å². The summed E-state index contributed by atoms with van der Waals surface area (Å²) in [6, 6.07) is 3.15. The van der Waals surface area contributed by atoms with Gasteiger partial charge in [-0.2, -0.15) is 0 Å². The first kappa shape index (κ1) is 10.8. The van der Waals surface area contributed by atoms with E-state index in [-0.39, 0.29) is 11.6 Å². The first-order valence-electron chi connectivity index (χ1n) is 5.65. The maximum atomic E-state index is 13.5. The van der Waals surface area contributed by atoms with Crippen molar-refractivity contribution in [2.75, 3.05) is 7.11 Å². The second-order valence-corrected chi connectivity index (χ2v) is 4.87. The molecular formula is C12H13FN2OS. The van der Waals surface area contributed by atoms with Gasteiger partial charge in [0, 0.05) is 18.7 Å². The van der Waals surface area contributed by atoms with Gasteiger partial charge in [-0.3, -0.25) is 0 Å². The highest BCUT2D eigenvalue weighted by Gasteiger charge is 2.23. The minimum Gasteiger partial charge on any atom is -0.494 e. The summed E-state index contributed by atoms with van der Waals surface area (Å²) in [4.78, 5) is 3.03. The van der Waals surface area contributed by atoms with Crippen LogP contribution in [0.4, 0.5) is 4.39 Å². The number of hydrogen-bond donors (Lipinski definition) is 1. The van der Waals surface area contributed by atoms with E-state index >= 15 is 0 Å². The van der Waals surface area contributed by atoms with Gasteiger partial charge < -0.3 is 14.3 Å². The van der Waals surface area contributed by atoms with Crippen molar-refractivity contribution in [2.24, 2.45) is 5.92 Å². The zero-order chi connectivity index (χ0) is 12.0. The van der Waals surface area contributed by atoms with E-state index < -0.39 is 0 Å². The Labute approximate surface area is 103 Å². The van der Waals surface area contributed by atoms with Gasteiger partial charge in [0.05, 0.1) is 18.1 Å². The number of hydrogen-bond acceptors (Lipinski definition) is 2. The van der Waals surface area contributed by atoms with Crippen LogP contribution >= 0.6 is 12.2 Å². The van der Waals surface area contributed by atoms with Crippen LogP contribution in [0.1, 0.15) is 12.8 Å². The van der Waals surface area contributed by atoms with Gasteiger partial charge in [0.15, 0.2) is 16.3 Å². The molecule has 90 valence electrons. The van der Waals surface area contributed by atoms with Crippen LogP contribution in [0.3, 0.4) is 0 Å². The second kappa shape index (κ2) is 3.84. The van der Waals surface area contributed by atoms with Crippen molar-refractivity contribution < 1.29 is 9.13 Å². The van der Waals surface area contributed by atoms with E-state index in [0.29, 0.717) is 4.77 Å². The van der Waals surface area contributed by atoms with Gasteiger partial charge in [-0.1, -0.05) is 0 Å². The summed E-state index contributed by atoms with van der Waals surface area (Å²) in [5.74, 6) is 0.614. The molecule has 2 aromatic rings. The van der Waals surface area contributed by atoms with Gasteiger partial charge in [0.2, 0.25) is 0 Å². The SMILES string of the molecule is COc1cc2c(cc1F)[nH]c(=S)n2CC1CC1. The number of methoxy groups -OCH3 is 1. The lowest BCUT2D eigenvalue weighted by molar-refractivity contribution is 0.387. The fraction of sp³-hybridized carbons (Fsp3) is 0.417. The van der Waals surface area contributed by atoms with Crippen LogP contribution in [0.2, 0.25) is 0 Å². The number of aromatic nitrogens is 2. The third-order valence-corrected chi connectivity index (χ3v) is 3.51. The van der Waals surface area contributed by atoms with Gasteiger partial charge in [-0.05, 0) is 31.0 Å². The molecule has 1 aromatic carbocycles. The van der Waals surface area contributed by atoms with E-state index in [1.54, 1.807) is 6.07 Å². The maximum Gasteiger partial charge on any atom is 0.178 e. The lowest BCUT2D eigenvalue weighted by Gasteiger charge is -2.05. The van der Waals surface area contributed by atoms with Gasteiger partial charge >= 0.3 is 0 Å². The lowest BCUT2D eigenvalue weighted by Crippen LogP contribution is -1.99. The Morgan fingerprint density at radius 2 is 2.29 bits per heavy atom. The molecular weight excluding hydrogens is 239 g/mol. The Kier molecular flexibility index (Phi) is 2.43. The topological polar surface area (TPSA) is 29.9 Å². The summed E-state index contributed by atoms with van der Waals surface area (Å²) in [7, 11) is 1.47. The Hall–Kier alpha value is -1.36. The van der Waals surface area contributed by atoms with E-state index in [1.807, 2.05) is 4.57 Å². The van der Waals surface area contributed by atoms with Crippen molar-refractivity contribution in [3.05, 3.63) is 22.7 Å². The molecule has 1 N–H and O–H groups in total. The quantitative estimate of drug-likeness (QED) is 0.850. The molecule has 0 atom stereocenters. The molecule has 0 unspecified atom stereocenters. The fourth-order valence-corrected chi connectivity index (χ4v) is 2.34. The summed E-state index contributed by atoms with van der Waals surface area (Å²) in [5, 5.41) is 0. The highest BCUT2D eigenvalue weighted by Crippen LogP contribution is 2.33. The molecule has 0 amide bonds. The average molecular weight is 252 g/mol. The number of ether oxygens (including phenoxy) is 1. The van der Waals surface area contributed by atoms with Crippen LogP contribution in [0.5, 0.6) is 5.75 Å². The summed E-state index contributed by atoms with van der Waals surface area (Å²) in [6.07, 6.45) is 2.51. The lowest BCUT2D eigenvalue weighted by atomic mass is 10.2. The van der Waals surface area contributed by atoms with Crippen molar-refractivity contribution in [2.45, 2.75) is 19.4 Å². The Bertz CT molecular complexity index is 627. The molecule has 3 nitrogen and oxygen atoms in total. The zero-order valence-corrected chi connectivity index (χ0v) is 10.3. The summed E-state index contributed by atoms with van der Waals surface area (Å²) < 4.78 is 21.2. The maximum absolute atomic E-state index is 13.5. The fourth-order valence-electron chi connectivity index (χ4n) is 2.05. The number of nitrogens with zero attached hydrogens (tertiary/aromatic N) is 1. The van der Waals surface area contributed by atoms with Crippen molar-refractivity contribution >= 4 is 23.3 Å². The molecule has 1 saturated carbocycles. The number of imidazole rings is 1. The number of benzene rings is 1. The van der Waals surface area contributed by atoms with Gasteiger partial charge in [-0.15, -0.1) is 0 Å². The standard InChI is InChI=1S/C12H13FN2OS/c1-16-11-5-10-9(4-8(11)13)14-12(17)15(10)6-7-2-3-7/h4-5,7H,2-3,6H2,1H3,(H,14,17). The third kappa shape index (κ3) is 1.84. The monoisotopic (exact) mass is 252 g/mol. The van der Waals surface area contributed by atoms with E-state index in [2.05, 4.69) is 4.98 Å². The van der Waals surface area contributed by atoms with E-state index in [4.69, 9.17) is 17.0 Å². The number of fused-ring (bicyclic) bond motifs is 1. The van der Waals surface area contributed by atoms with Crippen molar-refractivity contribution in [1.82, 2.24) is 9.55 Å². The van der Waals surface area contributed by atoms with Crippen LogP contribution in [0.25, 0.3) is 11.0 Å². The number of nitrogens with one attached hydrogen (secondary N) is 1. The summed E-state index contributed by atoms with van der Waals surface area (Å²) in [5.41, 5.74) is 1.65. The molecule has 1 aromatic heterocycles. The Morgan fingerprint density at radius 1 is 1.53 bits per heavy atom. The molecule has 1 heterocycles. The van der Waals surface area contributed by atoms with Gasteiger partial charge in [0.25, 0.3) is 0 Å². The van der Waals surface area contributed by atoms with Crippen LogP contribution in [-0.2, 0) is 6.54 Å². The van der Waals surface area contributed by atoms with Crippen LogP contribution < -0.4 is 4.74 Å². The largest absolute Gasteiger partial charge is 0.494 e. The van der Waals surface area contributed by atoms with Crippen LogP contribution in [0.15, 0.2) is 12.1 Å². The molecule has 0 bridgehead atoms. The molecule has 1 aliphatic carbocycles. The predicted molar refractivity (Wildman–Crippen MR) is 66.4 cm³/mol. The molecule has 0 saturated heterocycles. The number of H-pyrrole nitrogens is 1. The van der Waals surface area contributed by atoms with E-state index in [1.165, 1.54) is 26.0 Å². The van der Waals surface area contributed by atoms with E-state index in [0.717, 1.165) is 23.5 Å². The second-order valence-electron chi connectivity index (χ2n) is 4.49. The number of rotatable bonds is 3. The normalized spacial score (nSPS) is 15.4. The van der Waals surface area contributed by atoms with Gasteiger partial charge in [0.1, 0.15) is 0 Å². The Morgan fingerprint density at radius 3 is 2.94 bits per heavy atom. The van der Waals surface area contributed by atoms with Crippen LogP contribution in [0, 0.1) is 16.5 Å². The molecule has 0 spiro atoms. The first-order valence-corrected chi connectivity index (χ1v) is 6.06. The molecule has 0 aliphatic heterocycles. The third-order valence-electron chi connectivity index (χ3n) is 3.19. The minimum atomic E-state index is -0.366. The van der Waals surface area contributed by atoms with Gasteiger partial charge in [-0.25, -0.2) is 4.39 Å². The van der Waals surface area contributed by atoms with Crippen molar-refractivity contribution in [1.29, 1.82) is 0 Å². The average Bonchev–Trinajstić information content (AvgIpc) is 3.05. The number of halogens is 1. The van der Waals surface area contributed by atoms with Crippen molar-refractivity contribution in [3.8, 4) is 5.75 Å². The smallest absolute Gasteiger partial charge is 0.178 e. The minimum absolute atomic E-state index is 0.260. The molecule has 3 rings (SSSR count). The van der Waals surface area contributed by atoms with Crippen LogP contribution in [-0.4, -0.2) is 16.7 Å². The zero-order valence-electron chi connectivity index (χ0n) is 9.50. The molecule has 5 heteroatoms. The molecule has 1 aliphatic rings. The molecule has 1 fully saturated rings. The highest BCUT2D eigenvalue weighted by atomic mass is 32.1. The predicted octanol–water partition coefficient (Wildman–Crippen LogP) is 3.26. The summed E-state index contributed by atoms with van der Waals surface area (Å²) >= 11 is 5.27. The van der Waals surface area contributed by atoms with E-state index in [9.17, 15) is 4.39 Å².